The first-order chi connectivity index (χ1) is 12.3. The van der Waals surface area contributed by atoms with E-state index in [0.717, 1.165) is 17.3 Å². The quantitative estimate of drug-likeness (QED) is 0.694. The predicted octanol–water partition coefficient (Wildman–Crippen LogP) is 4.50. The first-order valence-corrected chi connectivity index (χ1v) is 7.86. The van der Waals surface area contributed by atoms with Gasteiger partial charge in [0.25, 0.3) is 0 Å². The van der Waals surface area contributed by atoms with Gasteiger partial charge in [-0.15, -0.1) is 0 Å². The summed E-state index contributed by atoms with van der Waals surface area (Å²) in [6, 6.07) is 9.08. The molecule has 0 aliphatic carbocycles. The van der Waals surface area contributed by atoms with Crippen molar-refractivity contribution < 1.29 is 13.2 Å². The fourth-order valence-electron chi connectivity index (χ4n) is 2.97. The molecule has 7 heteroatoms. The largest absolute Gasteiger partial charge is 0.417 e. The highest BCUT2D eigenvalue weighted by molar-refractivity contribution is 5.70. The van der Waals surface area contributed by atoms with E-state index in [2.05, 4.69) is 10.1 Å². The number of rotatable bonds is 3. The summed E-state index contributed by atoms with van der Waals surface area (Å²) in [6.45, 7) is 4.05. The first-order valence-electron chi connectivity index (χ1n) is 7.86. The van der Waals surface area contributed by atoms with Gasteiger partial charge in [0.15, 0.2) is 0 Å². The molecule has 0 spiro atoms. The van der Waals surface area contributed by atoms with Crippen LogP contribution in [0.25, 0.3) is 11.1 Å². The smallest absolute Gasteiger partial charge is 0.264 e. The van der Waals surface area contributed by atoms with E-state index < -0.39 is 11.7 Å². The molecule has 0 aliphatic rings. The van der Waals surface area contributed by atoms with Crippen molar-refractivity contribution in [3.63, 3.8) is 0 Å². The van der Waals surface area contributed by atoms with Crippen molar-refractivity contribution in [2.45, 2.75) is 26.6 Å². The molecule has 3 rings (SSSR count). The zero-order valence-electron chi connectivity index (χ0n) is 14.2. The minimum absolute atomic E-state index is 0.390. The van der Waals surface area contributed by atoms with Gasteiger partial charge in [0.05, 0.1) is 29.4 Å². The topological polar surface area (TPSA) is 54.5 Å². The third kappa shape index (κ3) is 3.31. The van der Waals surface area contributed by atoms with Crippen molar-refractivity contribution in [1.82, 2.24) is 14.8 Å². The summed E-state index contributed by atoms with van der Waals surface area (Å²) in [5.41, 5.74) is 2.04. The molecule has 0 unspecified atom stereocenters. The molecule has 4 nitrogen and oxygen atoms in total. The summed E-state index contributed by atoms with van der Waals surface area (Å²) < 4.78 is 41.5. The number of nitriles is 1. The molecule has 0 radical (unpaired) electrons. The van der Waals surface area contributed by atoms with E-state index in [-0.39, 0.29) is 5.56 Å². The number of aromatic nitrogens is 3. The van der Waals surface area contributed by atoms with Crippen molar-refractivity contribution in [2.24, 2.45) is 0 Å². The molecular formula is C19H15F3N4. The fraction of sp³-hybridized carbons (Fsp3) is 0.211. The van der Waals surface area contributed by atoms with Crippen molar-refractivity contribution in [1.29, 1.82) is 5.26 Å². The van der Waals surface area contributed by atoms with Crippen LogP contribution in [0.4, 0.5) is 13.2 Å². The molecule has 132 valence electrons. The van der Waals surface area contributed by atoms with Crippen LogP contribution < -0.4 is 0 Å². The normalized spacial score (nSPS) is 11.4. The third-order valence-electron chi connectivity index (χ3n) is 4.17. The maximum absolute atomic E-state index is 13.2. The number of alkyl halides is 3. The van der Waals surface area contributed by atoms with Gasteiger partial charge in [0, 0.05) is 23.7 Å². The Morgan fingerprint density at radius 3 is 2.58 bits per heavy atom. The van der Waals surface area contributed by atoms with E-state index in [0.29, 0.717) is 23.4 Å². The van der Waals surface area contributed by atoms with Gasteiger partial charge in [0.1, 0.15) is 0 Å². The van der Waals surface area contributed by atoms with Gasteiger partial charge in [-0.25, -0.2) is 0 Å². The summed E-state index contributed by atoms with van der Waals surface area (Å²) in [5, 5.41) is 13.4. The van der Waals surface area contributed by atoms with Crippen LogP contribution in [0.15, 0.2) is 42.7 Å². The van der Waals surface area contributed by atoms with Gasteiger partial charge in [-0.05, 0) is 43.2 Å². The number of hydrogen-bond acceptors (Lipinski definition) is 3. The van der Waals surface area contributed by atoms with Gasteiger partial charge in [-0.2, -0.15) is 23.5 Å². The summed E-state index contributed by atoms with van der Waals surface area (Å²) in [4.78, 5) is 4.06. The summed E-state index contributed by atoms with van der Waals surface area (Å²) >= 11 is 0. The van der Waals surface area contributed by atoms with E-state index in [9.17, 15) is 13.2 Å². The monoisotopic (exact) mass is 356 g/mol. The molecule has 0 saturated heterocycles. The van der Waals surface area contributed by atoms with Gasteiger partial charge in [-0.1, -0.05) is 12.1 Å². The van der Waals surface area contributed by atoms with Crippen molar-refractivity contribution in [2.75, 3.05) is 0 Å². The molecule has 0 N–H and O–H groups in total. The average Bonchev–Trinajstić information content (AvgIpc) is 2.88. The zero-order valence-corrected chi connectivity index (χ0v) is 14.2. The Morgan fingerprint density at radius 1 is 1.19 bits per heavy atom. The number of hydrogen-bond donors (Lipinski definition) is 0. The van der Waals surface area contributed by atoms with Gasteiger partial charge in [0.2, 0.25) is 0 Å². The van der Waals surface area contributed by atoms with Gasteiger partial charge < -0.3 is 0 Å². The standard InChI is InChI=1S/C19H15F3N4/c1-12-18(13(2)26(25-12)11-14-4-3-7-24-10-14)15-5-6-16(9-23)17(8-15)19(20,21)22/h3-8,10H,11H2,1-2H3. The Balaban J connectivity index is 2.07. The van der Waals surface area contributed by atoms with Gasteiger partial charge >= 0.3 is 6.18 Å². The number of aryl methyl sites for hydroxylation is 1. The fourth-order valence-corrected chi connectivity index (χ4v) is 2.97. The first kappa shape index (κ1) is 17.7. The summed E-state index contributed by atoms with van der Waals surface area (Å²) in [5.74, 6) is 0. The lowest BCUT2D eigenvalue weighted by molar-refractivity contribution is -0.137. The molecule has 1 aromatic carbocycles. The van der Waals surface area contributed by atoms with Crippen LogP contribution in [-0.2, 0) is 12.7 Å². The van der Waals surface area contributed by atoms with E-state index in [1.807, 2.05) is 19.1 Å². The van der Waals surface area contributed by atoms with Crippen LogP contribution in [0.1, 0.15) is 28.1 Å². The number of halogens is 3. The van der Waals surface area contributed by atoms with Crippen LogP contribution in [0, 0.1) is 25.2 Å². The molecular weight excluding hydrogens is 341 g/mol. The molecule has 0 amide bonds. The number of nitrogens with zero attached hydrogens (tertiary/aromatic N) is 4. The average molecular weight is 356 g/mol. The lowest BCUT2D eigenvalue weighted by atomic mass is 9.98. The SMILES string of the molecule is Cc1nn(Cc2cccnc2)c(C)c1-c1ccc(C#N)c(C(F)(F)F)c1. The number of pyridine rings is 1. The van der Waals surface area contributed by atoms with Crippen LogP contribution >= 0.6 is 0 Å². The van der Waals surface area contributed by atoms with Crippen molar-refractivity contribution >= 4 is 0 Å². The molecule has 2 aromatic heterocycles. The van der Waals surface area contributed by atoms with E-state index in [1.54, 1.807) is 30.1 Å². The van der Waals surface area contributed by atoms with Crippen molar-refractivity contribution in [3.05, 3.63) is 70.8 Å². The second-order valence-corrected chi connectivity index (χ2v) is 5.93. The maximum Gasteiger partial charge on any atom is 0.417 e. The Hall–Kier alpha value is -3.14. The molecule has 0 bridgehead atoms. The Morgan fingerprint density at radius 2 is 1.96 bits per heavy atom. The molecule has 26 heavy (non-hydrogen) atoms. The Bertz CT molecular complexity index is 982. The van der Waals surface area contributed by atoms with E-state index >= 15 is 0 Å². The molecule has 0 saturated carbocycles. The zero-order chi connectivity index (χ0) is 18.9. The van der Waals surface area contributed by atoms with Crippen molar-refractivity contribution in [3.8, 4) is 17.2 Å². The maximum atomic E-state index is 13.2. The highest BCUT2D eigenvalue weighted by atomic mass is 19.4. The number of benzene rings is 1. The third-order valence-corrected chi connectivity index (χ3v) is 4.17. The molecule has 0 atom stereocenters. The Labute approximate surface area is 148 Å². The summed E-state index contributed by atoms with van der Waals surface area (Å²) in [6.07, 6.45) is -1.19. The highest BCUT2D eigenvalue weighted by Gasteiger charge is 2.34. The van der Waals surface area contributed by atoms with Crippen LogP contribution in [0.2, 0.25) is 0 Å². The highest BCUT2D eigenvalue weighted by Crippen LogP contribution is 2.36. The molecule has 0 aliphatic heterocycles. The van der Waals surface area contributed by atoms with Crippen LogP contribution in [0.5, 0.6) is 0 Å². The minimum atomic E-state index is -4.59. The van der Waals surface area contributed by atoms with Crippen LogP contribution in [-0.4, -0.2) is 14.8 Å². The Kier molecular flexibility index (Phi) is 4.51. The van der Waals surface area contributed by atoms with E-state index in [4.69, 9.17) is 5.26 Å². The molecule has 2 heterocycles. The van der Waals surface area contributed by atoms with Crippen LogP contribution in [0.3, 0.4) is 0 Å². The summed E-state index contributed by atoms with van der Waals surface area (Å²) in [7, 11) is 0. The lowest BCUT2D eigenvalue weighted by Gasteiger charge is -2.11. The van der Waals surface area contributed by atoms with Gasteiger partial charge in [-0.3, -0.25) is 9.67 Å². The minimum Gasteiger partial charge on any atom is -0.264 e. The second kappa shape index (κ2) is 6.64. The molecule has 3 aromatic rings. The lowest BCUT2D eigenvalue weighted by Crippen LogP contribution is -2.08. The molecule has 0 fully saturated rings. The second-order valence-electron chi connectivity index (χ2n) is 5.93. The predicted molar refractivity (Wildman–Crippen MR) is 90.2 cm³/mol. The van der Waals surface area contributed by atoms with E-state index in [1.165, 1.54) is 12.1 Å².